The van der Waals surface area contributed by atoms with E-state index in [2.05, 4.69) is 5.32 Å². The number of hydrogen-bond acceptors (Lipinski definition) is 4. The van der Waals surface area contributed by atoms with Crippen LogP contribution in [0, 0.1) is 0 Å². The molecule has 21 heavy (non-hydrogen) atoms. The Kier molecular flexibility index (Phi) is 7.00. The first kappa shape index (κ1) is 17.8. The van der Waals surface area contributed by atoms with Gasteiger partial charge in [-0.25, -0.2) is 0 Å². The third-order valence-corrected chi connectivity index (χ3v) is 3.30. The summed E-state index contributed by atoms with van der Waals surface area (Å²) in [5.41, 5.74) is 1.78. The highest BCUT2D eigenvalue weighted by Crippen LogP contribution is 2.36. The number of alkyl halides is 3. The van der Waals surface area contributed by atoms with Crippen molar-refractivity contribution in [2.24, 2.45) is 5.73 Å². The average Bonchev–Trinajstić information content (AvgIpc) is 2.39. The Morgan fingerprint density at radius 2 is 2.00 bits per heavy atom. The number of halogens is 3. The van der Waals surface area contributed by atoms with Crippen LogP contribution in [0.3, 0.4) is 0 Å². The Bertz CT molecular complexity index is 452. The summed E-state index contributed by atoms with van der Waals surface area (Å²) in [5, 5.41) is 2.56. The number of nitrogens with one attached hydrogen (secondary N) is 1. The molecule has 0 bridgehead atoms. The number of amides is 1. The summed E-state index contributed by atoms with van der Waals surface area (Å²) in [6.07, 6.45) is 1.13. The second kappa shape index (κ2) is 8.26. The number of carbonyl (C=O) groups excluding carboxylic acids is 1. The lowest BCUT2D eigenvalue weighted by Gasteiger charge is -2.12. The molecule has 1 amide bonds. The lowest BCUT2D eigenvalue weighted by atomic mass is 10.1. The van der Waals surface area contributed by atoms with Crippen molar-refractivity contribution in [1.29, 1.82) is 0 Å². The lowest BCUT2D eigenvalue weighted by Crippen LogP contribution is -2.35. The molecule has 0 spiro atoms. The van der Waals surface area contributed by atoms with Crippen LogP contribution in [0.15, 0.2) is 29.2 Å². The van der Waals surface area contributed by atoms with Gasteiger partial charge in [-0.1, -0.05) is 0 Å². The number of benzene rings is 1. The van der Waals surface area contributed by atoms with Gasteiger partial charge in [-0.2, -0.15) is 13.2 Å². The van der Waals surface area contributed by atoms with Gasteiger partial charge in [0.15, 0.2) is 0 Å². The minimum Gasteiger partial charge on any atom is -0.385 e. The number of anilines is 1. The maximum absolute atomic E-state index is 12.2. The fraction of sp³-hybridized carbons (Fsp3) is 0.462. The minimum absolute atomic E-state index is 0.0601. The Hall–Kier alpha value is -1.25. The fourth-order valence-corrected chi connectivity index (χ4v) is 2.09. The number of ether oxygens (including phenoxy) is 1. The first-order valence-corrected chi connectivity index (χ1v) is 7.04. The third kappa shape index (κ3) is 7.35. The van der Waals surface area contributed by atoms with Crippen molar-refractivity contribution in [2.45, 2.75) is 29.3 Å². The largest absolute Gasteiger partial charge is 0.446 e. The van der Waals surface area contributed by atoms with E-state index in [-0.39, 0.29) is 22.6 Å². The van der Waals surface area contributed by atoms with E-state index in [0.29, 0.717) is 25.1 Å². The molecular weight excluding hydrogens is 305 g/mol. The molecule has 0 radical (unpaired) electrons. The van der Waals surface area contributed by atoms with E-state index in [0.717, 1.165) is 0 Å². The normalized spacial score (nSPS) is 13.0. The van der Waals surface area contributed by atoms with Crippen molar-refractivity contribution in [1.82, 2.24) is 0 Å². The Morgan fingerprint density at radius 1 is 1.38 bits per heavy atom. The van der Waals surface area contributed by atoms with Crippen molar-refractivity contribution in [3.8, 4) is 0 Å². The first-order valence-electron chi connectivity index (χ1n) is 6.23. The van der Waals surface area contributed by atoms with Gasteiger partial charge in [-0.05, 0) is 48.9 Å². The van der Waals surface area contributed by atoms with E-state index in [1.54, 1.807) is 7.11 Å². The van der Waals surface area contributed by atoms with E-state index in [9.17, 15) is 18.0 Å². The highest BCUT2D eigenvalue weighted by Gasteiger charge is 2.29. The molecule has 0 heterocycles. The molecule has 1 aromatic rings. The smallest absolute Gasteiger partial charge is 0.385 e. The molecule has 0 aromatic heterocycles. The van der Waals surface area contributed by atoms with Crippen LogP contribution in [0.1, 0.15) is 12.8 Å². The zero-order valence-electron chi connectivity index (χ0n) is 11.4. The molecule has 0 saturated carbocycles. The summed E-state index contributed by atoms with van der Waals surface area (Å²) in [7, 11) is 1.56. The summed E-state index contributed by atoms with van der Waals surface area (Å²) in [6.45, 7) is 0.518. The van der Waals surface area contributed by atoms with Gasteiger partial charge in [0.05, 0.1) is 6.04 Å². The molecule has 0 aliphatic rings. The second-order valence-electron chi connectivity index (χ2n) is 4.30. The van der Waals surface area contributed by atoms with Crippen molar-refractivity contribution in [3.63, 3.8) is 0 Å². The highest BCUT2D eigenvalue weighted by atomic mass is 32.2. The zero-order valence-corrected chi connectivity index (χ0v) is 12.3. The highest BCUT2D eigenvalue weighted by molar-refractivity contribution is 8.00. The van der Waals surface area contributed by atoms with E-state index in [1.807, 2.05) is 0 Å². The van der Waals surface area contributed by atoms with Crippen LogP contribution in [0.2, 0.25) is 0 Å². The lowest BCUT2D eigenvalue weighted by molar-refractivity contribution is -0.117. The average molecular weight is 322 g/mol. The number of nitrogens with two attached hydrogens (primary N) is 1. The standard InChI is InChI=1S/C13H17F3N2O2S/c1-20-8-2-3-11(17)12(19)18-9-4-6-10(7-5-9)21-13(14,15)16/h4-7,11H,2-3,8,17H2,1H3,(H,18,19). The van der Waals surface area contributed by atoms with Crippen molar-refractivity contribution < 1.29 is 22.7 Å². The first-order chi connectivity index (χ1) is 9.81. The summed E-state index contributed by atoms with van der Waals surface area (Å²) in [5.74, 6) is -0.373. The van der Waals surface area contributed by atoms with Gasteiger partial charge < -0.3 is 15.8 Å². The molecule has 3 N–H and O–H groups in total. The van der Waals surface area contributed by atoms with Crippen LogP contribution < -0.4 is 11.1 Å². The molecular formula is C13H17F3N2O2S. The van der Waals surface area contributed by atoms with Crippen LogP contribution in [0.4, 0.5) is 18.9 Å². The van der Waals surface area contributed by atoms with Crippen LogP contribution in [-0.2, 0) is 9.53 Å². The molecule has 118 valence electrons. The van der Waals surface area contributed by atoms with Gasteiger partial charge in [-0.15, -0.1) is 0 Å². The minimum atomic E-state index is -4.32. The number of methoxy groups -OCH3 is 1. The molecule has 0 saturated heterocycles. The van der Waals surface area contributed by atoms with E-state index in [1.165, 1.54) is 24.3 Å². The third-order valence-electron chi connectivity index (χ3n) is 2.56. The van der Waals surface area contributed by atoms with E-state index in [4.69, 9.17) is 10.5 Å². The summed E-state index contributed by atoms with van der Waals surface area (Å²) in [6, 6.07) is 4.74. The molecule has 1 aromatic carbocycles. The maximum Gasteiger partial charge on any atom is 0.446 e. The van der Waals surface area contributed by atoms with Crippen molar-refractivity contribution in [2.75, 3.05) is 19.0 Å². The van der Waals surface area contributed by atoms with Gasteiger partial charge in [0, 0.05) is 24.3 Å². The Morgan fingerprint density at radius 3 is 2.52 bits per heavy atom. The van der Waals surface area contributed by atoms with Gasteiger partial charge in [0.1, 0.15) is 0 Å². The monoisotopic (exact) mass is 322 g/mol. The molecule has 0 aliphatic heterocycles. The molecule has 1 rings (SSSR count). The van der Waals surface area contributed by atoms with Gasteiger partial charge in [0.2, 0.25) is 5.91 Å². The van der Waals surface area contributed by atoms with Gasteiger partial charge >= 0.3 is 5.51 Å². The molecule has 4 nitrogen and oxygen atoms in total. The number of thioether (sulfide) groups is 1. The van der Waals surface area contributed by atoms with Crippen molar-refractivity contribution in [3.05, 3.63) is 24.3 Å². The van der Waals surface area contributed by atoms with Crippen molar-refractivity contribution >= 4 is 23.4 Å². The number of carbonyl (C=O) groups is 1. The zero-order chi connectivity index (χ0) is 15.9. The quantitative estimate of drug-likeness (QED) is 0.598. The van der Waals surface area contributed by atoms with E-state index >= 15 is 0 Å². The predicted molar refractivity (Wildman–Crippen MR) is 76.1 cm³/mol. The van der Waals surface area contributed by atoms with Crippen LogP contribution in [0.5, 0.6) is 0 Å². The number of hydrogen-bond donors (Lipinski definition) is 2. The Balaban J connectivity index is 2.49. The molecule has 0 fully saturated rings. The Labute approximate surface area is 125 Å². The number of rotatable bonds is 7. The maximum atomic E-state index is 12.2. The molecule has 1 unspecified atom stereocenters. The molecule has 0 aliphatic carbocycles. The topological polar surface area (TPSA) is 64.3 Å². The van der Waals surface area contributed by atoms with Crippen LogP contribution in [0.25, 0.3) is 0 Å². The second-order valence-corrected chi connectivity index (χ2v) is 5.44. The van der Waals surface area contributed by atoms with Crippen LogP contribution in [-0.4, -0.2) is 31.2 Å². The molecule has 8 heteroatoms. The summed E-state index contributed by atoms with van der Waals surface area (Å²) < 4.78 is 41.4. The summed E-state index contributed by atoms with van der Waals surface area (Å²) >= 11 is -0.203. The fourth-order valence-electron chi connectivity index (χ4n) is 1.55. The SMILES string of the molecule is COCCCC(N)C(=O)Nc1ccc(SC(F)(F)F)cc1. The van der Waals surface area contributed by atoms with Crippen LogP contribution >= 0.6 is 11.8 Å². The van der Waals surface area contributed by atoms with Gasteiger partial charge in [-0.3, -0.25) is 4.79 Å². The summed E-state index contributed by atoms with van der Waals surface area (Å²) in [4.78, 5) is 11.8. The van der Waals surface area contributed by atoms with E-state index < -0.39 is 11.6 Å². The van der Waals surface area contributed by atoms with Gasteiger partial charge in [0.25, 0.3) is 0 Å². The molecule has 1 atom stereocenters. The predicted octanol–water partition coefficient (Wildman–Crippen LogP) is 2.99.